The van der Waals surface area contributed by atoms with E-state index in [0.29, 0.717) is 0 Å². The summed E-state index contributed by atoms with van der Waals surface area (Å²) in [4.78, 5) is 4.17. The van der Waals surface area contributed by atoms with E-state index in [9.17, 15) is 0 Å². The van der Waals surface area contributed by atoms with Gasteiger partial charge in [0.2, 0.25) is 0 Å². The molecule has 0 amide bonds. The van der Waals surface area contributed by atoms with Gasteiger partial charge in [-0.05, 0) is 12.8 Å². The Hall–Kier alpha value is -0.900. The number of aromatic nitrogens is 1. The molecule has 1 aliphatic carbocycles. The highest BCUT2D eigenvalue weighted by Crippen LogP contribution is 2.47. The summed E-state index contributed by atoms with van der Waals surface area (Å²) in [7, 11) is 0. The van der Waals surface area contributed by atoms with Gasteiger partial charge in [0.25, 0.3) is 0 Å². The third kappa shape index (κ3) is 0.860. The number of thiazole rings is 1. The summed E-state index contributed by atoms with van der Waals surface area (Å²) < 4.78 is 0. The molecule has 1 aromatic rings. The molecule has 1 saturated carbocycles. The Morgan fingerprint density at radius 3 is 2.82 bits per heavy atom. The number of amidine groups is 1. The predicted molar refractivity (Wildman–Crippen MR) is 44.9 cm³/mol. The molecule has 4 heteroatoms. The number of rotatable bonds is 2. The van der Waals surface area contributed by atoms with Crippen LogP contribution in [-0.4, -0.2) is 10.8 Å². The largest absolute Gasteiger partial charge is 0.387 e. The Balaban J connectivity index is 2.36. The van der Waals surface area contributed by atoms with Crippen LogP contribution >= 0.6 is 11.3 Å². The Kier molecular flexibility index (Phi) is 1.26. The van der Waals surface area contributed by atoms with Crippen LogP contribution in [0.2, 0.25) is 0 Å². The molecule has 11 heavy (non-hydrogen) atoms. The van der Waals surface area contributed by atoms with Crippen LogP contribution in [0.3, 0.4) is 0 Å². The minimum atomic E-state index is -0.167. The molecule has 1 heterocycles. The lowest BCUT2D eigenvalue weighted by molar-refractivity contribution is 0.881. The van der Waals surface area contributed by atoms with Crippen LogP contribution in [0.25, 0.3) is 0 Å². The van der Waals surface area contributed by atoms with Gasteiger partial charge in [0, 0.05) is 5.38 Å². The minimum absolute atomic E-state index is 0.167. The van der Waals surface area contributed by atoms with E-state index < -0.39 is 0 Å². The normalized spacial score (nSPS) is 19.6. The number of nitrogens with one attached hydrogen (secondary N) is 1. The Bertz CT molecular complexity index is 274. The smallest absolute Gasteiger partial charge is 0.103 e. The fourth-order valence-electron chi connectivity index (χ4n) is 1.24. The van der Waals surface area contributed by atoms with Gasteiger partial charge < -0.3 is 5.73 Å². The van der Waals surface area contributed by atoms with Gasteiger partial charge in [0.1, 0.15) is 5.84 Å². The molecule has 1 aliphatic rings. The van der Waals surface area contributed by atoms with E-state index in [1.54, 1.807) is 16.8 Å². The summed E-state index contributed by atoms with van der Waals surface area (Å²) >= 11 is 1.56. The molecule has 0 aliphatic heterocycles. The van der Waals surface area contributed by atoms with Crippen LogP contribution in [0.5, 0.6) is 0 Å². The maximum Gasteiger partial charge on any atom is 0.103 e. The molecular formula is C7H9N3S. The van der Waals surface area contributed by atoms with Crippen molar-refractivity contribution < 1.29 is 0 Å². The summed E-state index contributed by atoms with van der Waals surface area (Å²) in [6.45, 7) is 0. The van der Waals surface area contributed by atoms with Gasteiger partial charge in [-0.1, -0.05) is 0 Å². The molecule has 58 valence electrons. The van der Waals surface area contributed by atoms with Crippen molar-refractivity contribution in [3.8, 4) is 0 Å². The molecule has 0 bridgehead atoms. The number of nitrogens with two attached hydrogens (primary N) is 1. The van der Waals surface area contributed by atoms with Gasteiger partial charge in [-0.25, -0.2) is 4.98 Å². The monoisotopic (exact) mass is 167 g/mol. The van der Waals surface area contributed by atoms with Crippen molar-refractivity contribution in [3.63, 3.8) is 0 Å². The standard InChI is InChI=1S/C7H9N3S/c8-6(9)7(1-2-7)5-3-11-4-10-5/h3-4H,1-2H2,(H3,8,9). The lowest BCUT2D eigenvalue weighted by atomic mass is 10.0. The summed E-state index contributed by atoms with van der Waals surface area (Å²) in [6.07, 6.45) is 1.98. The first kappa shape index (κ1) is 6.79. The average molecular weight is 167 g/mol. The van der Waals surface area contributed by atoms with Crippen molar-refractivity contribution in [2.75, 3.05) is 0 Å². The SMILES string of the molecule is N=C(N)C1(c2cscn2)CC1. The molecule has 3 nitrogen and oxygen atoms in total. The van der Waals surface area contributed by atoms with Crippen molar-refractivity contribution >= 4 is 17.2 Å². The molecule has 0 unspecified atom stereocenters. The van der Waals surface area contributed by atoms with Crippen molar-refractivity contribution in [3.05, 3.63) is 16.6 Å². The average Bonchev–Trinajstić information content (AvgIpc) is 2.61. The van der Waals surface area contributed by atoms with E-state index in [-0.39, 0.29) is 11.3 Å². The molecule has 0 atom stereocenters. The number of hydrogen-bond acceptors (Lipinski definition) is 3. The van der Waals surface area contributed by atoms with Crippen molar-refractivity contribution in [2.24, 2.45) is 5.73 Å². The van der Waals surface area contributed by atoms with E-state index in [4.69, 9.17) is 11.1 Å². The lowest BCUT2D eigenvalue weighted by Gasteiger charge is -2.08. The van der Waals surface area contributed by atoms with Crippen LogP contribution in [-0.2, 0) is 5.41 Å². The van der Waals surface area contributed by atoms with Crippen molar-refractivity contribution in [1.82, 2.24) is 4.98 Å². The third-order valence-corrected chi connectivity index (χ3v) is 2.77. The zero-order valence-electron chi connectivity index (χ0n) is 6.00. The van der Waals surface area contributed by atoms with E-state index in [1.165, 1.54) is 0 Å². The fourth-order valence-corrected chi connectivity index (χ4v) is 1.89. The molecule has 1 aromatic heterocycles. The van der Waals surface area contributed by atoms with E-state index in [2.05, 4.69) is 4.98 Å². The molecule has 0 saturated heterocycles. The first-order valence-corrected chi connectivity index (χ1v) is 4.43. The maximum absolute atomic E-state index is 7.38. The van der Waals surface area contributed by atoms with E-state index >= 15 is 0 Å². The first-order valence-electron chi connectivity index (χ1n) is 3.49. The summed E-state index contributed by atoms with van der Waals surface area (Å²) in [5, 5.41) is 9.36. The minimum Gasteiger partial charge on any atom is -0.387 e. The summed E-state index contributed by atoms with van der Waals surface area (Å²) in [5.74, 6) is 0.267. The van der Waals surface area contributed by atoms with Crippen LogP contribution in [0, 0.1) is 5.41 Å². The summed E-state index contributed by atoms with van der Waals surface area (Å²) in [6, 6.07) is 0. The highest BCUT2D eigenvalue weighted by atomic mass is 32.1. The quantitative estimate of drug-likeness (QED) is 0.512. The van der Waals surface area contributed by atoms with Crippen molar-refractivity contribution in [1.29, 1.82) is 5.41 Å². The molecule has 1 fully saturated rings. The van der Waals surface area contributed by atoms with Gasteiger partial charge in [-0.3, -0.25) is 5.41 Å². The number of nitrogens with zero attached hydrogens (tertiary/aromatic N) is 1. The maximum atomic E-state index is 7.38. The molecule has 2 rings (SSSR count). The zero-order valence-corrected chi connectivity index (χ0v) is 6.82. The molecular weight excluding hydrogens is 158 g/mol. The van der Waals surface area contributed by atoms with Gasteiger partial charge in [0.15, 0.2) is 0 Å². The van der Waals surface area contributed by atoms with Gasteiger partial charge >= 0.3 is 0 Å². The summed E-state index contributed by atoms with van der Waals surface area (Å²) in [5.41, 5.74) is 8.08. The second-order valence-electron chi connectivity index (χ2n) is 2.87. The van der Waals surface area contributed by atoms with Gasteiger partial charge in [0.05, 0.1) is 16.6 Å². The molecule has 0 radical (unpaired) electrons. The first-order chi connectivity index (χ1) is 5.26. The molecule has 0 aromatic carbocycles. The van der Waals surface area contributed by atoms with Crippen LogP contribution in [0.1, 0.15) is 18.5 Å². The second-order valence-corrected chi connectivity index (χ2v) is 3.59. The Labute approximate surface area is 68.8 Å². The van der Waals surface area contributed by atoms with Crippen molar-refractivity contribution in [2.45, 2.75) is 18.3 Å². The van der Waals surface area contributed by atoms with E-state index in [0.717, 1.165) is 18.5 Å². The number of hydrogen-bond donors (Lipinski definition) is 2. The van der Waals surface area contributed by atoms with Crippen LogP contribution in [0.4, 0.5) is 0 Å². The highest BCUT2D eigenvalue weighted by Gasteiger charge is 2.49. The fraction of sp³-hybridized carbons (Fsp3) is 0.429. The third-order valence-electron chi connectivity index (χ3n) is 2.19. The van der Waals surface area contributed by atoms with E-state index in [1.807, 2.05) is 5.38 Å². The zero-order chi connectivity index (χ0) is 7.90. The van der Waals surface area contributed by atoms with Crippen LogP contribution < -0.4 is 5.73 Å². The lowest BCUT2D eigenvalue weighted by Crippen LogP contribution is -2.27. The van der Waals surface area contributed by atoms with Gasteiger partial charge in [-0.15, -0.1) is 11.3 Å². The predicted octanol–water partition coefficient (Wildman–Crippen LogP) is 1.11. The Morgan fingerprint density at radius 1 is 1.73 bits per heavy atom. The Morgan fingerprint density at radius 2 is 2.45 bits per heavy atom. The second kappa shape index (κ2) is 2.04. The van der Waals surface area contributed by atoms with Gasteiger partial charge in [-0.2, -0.15) is 0 Å². The molecule has 0 spiro atoms. The molecule has 3 N–H and O–H groups in total. The highest BCUT2D eigenvalue weighted by molar-refractivity contribution is 7.07. The van der Waals surface area contributed by atoms with Crippen LogP contribution in [0.15, 0.2) is 10.9 Å². The topological polar surface area (TPSA) is 62.8 Å².